The number of aromatic amines is 1. The molecule has 0 saturated heterocycles. The third kappa shape index (κ3) is 45.6. The number of hydrogen-bond donors (Lipinski definition) is 31. The molecule has 17 atom stereocenters. The lowest BCUT2D eigenvalue weighted by molar-refractivity contribution is -0.147. The average Bonchev–Trinajstić information content (AvgIpc) is 1.11. The number of aliphatic hydroxyl groups is 1. The molecule has 3 aromatic rings. The van der Waals surface area contributed by atoms with Crippen LogP contribution in [0.2, 0.25) is 0 Å². The van der Waals surface area contributed by atoms with E-state index in [2.05, 4.69) is 95.0 Å². The zero-order valence-electron chi connectivity index (χ0n) is 79.3. The number of nitrogens with zero attached hydrogens (tertiary/aromatic N) is 1. The highest BCUT2D eigenvalue weighted by Gasteiger charge is 2.41. The molecule has 0 spiro atoms. The van der Waals surface area contributed by atoms with Crippen molar-refractivity contribution in [1.82, 2.24) is 95.0 Å². The zero-order chi connectivity index (χ0) is 106. The third-order valence-electron chi connectivity index (χ3n) is 21.9. The molecule has 53 heteroatoms. The van der Waals surface area contributed by atoms with E-state index in [1.165, 1.54) is 88.8 Å². The summed E-state index contributed by atoms with van der Waals surface area (Å²) in [5, 5.41) is 135. The Morgan fingerprint density at radius 3 is 1.13 bits per heavy atom. The second-order valence-corrected chi connectivity index (χ2v) is 34.4. The number of amides is 15. The second-order valence-electron chi connectivity index (χ2n) is 34.4. The van der Waals surface area contributed by atoms with Gasteiger partial charge in [-0.1, -0.05) is 72.2 Å². The molecule has 35 N–H and O–H groups in total. The van der Waals surface area contributed by atoms with Crippen LogP contribution >= 0.6 is 0 Å². The molecule has 0 radical (unpaired) electrons. The van der Waals surface area contributed by atoms with Crippen molar-refractivity contribution in [2.75, 3.05) is 26.2 Å². The number of carbonyl (C=O) groups is 21. The van der Waals surface area contributed by atoms with Gasteiger partial charge in [-0.25, -0.2) is 9.78 Å². The predicted octanol–water partition coefficient (Wildman–Crippen LogP) is -6.64. The maximum absolute atomic E-state index is 15.0. The highest BCUT2D eigenvalue weighted by Crippen LogP contribution is 2.20. The summed E-state index contributed by atoms with van der Waals surface area (Å²) >= 11 is 0. The van der Waals surface area contributed by atoms with Gasteiger partial charge in [-0.05, 0) is 150 Å². The molecule has 0 bridgehead atoms. The molecule has 1 heterocycles. The molecule has 15 amide bonds. The fourth-order valence-electron chi connectivity index (χ4n) is 13.8. The van der Waals surface area contributed by atoms with Crippen LogP contribution in [0.3, 0.4) is 0 Å². The van der Waals surface area contributed by atoms with Crippen molar-refractivity contribution < 1.29 is 147 Å². The maximum Gasteiger partial charge on any atom is 0.326 e. The molecule has 141 heavy (non-hydrogen) atoms. The molecule has 0 aliphatic carbocycles. The van der Waals surface area contributed by atoms with Gasteiger partial charge in [0.25, 0.3) is 0 Å². The van der Waals surface area contributed by atoms with Gasteiger partial charge in [0.05, 0.1) is 31.8 Å². The Labute approximate surface area is 810 Å². The minimum absolute atomic E-state index is 0.0264. The number of carboxylic acid groups (broad SMARTS) is 6. The number of nitrogens with one attached hydrogen (secondary N) is 18. The molecular formula is C88H135N23O30. The van der Waals surface area contributed by atoms with E-state index in [1.807, 2.05) is 0 Å². The van der Waals surface area contributed by atoms with Crippen LogP contribution in [0, 0.1) is 23.2 Å². The monoisotopic (exact) mass is 1990 g/mol. The van der Waals surface area contributed by atoms with Crippen molar-refractivity contribution in [2.45, 2.75) is 280 Å². The average molecular weight is 2000 g/mol. The van der Waals surface area contributed by atoms with E-state index in [0.717, 1.165) is 0 Å². The number of unbranched alkanes of at least 4 members (excludes halogenated alkanes) is 2. The van der Waals surface area contributed by atoms with Gasteiger partial charge in [-0.3, -0.25) is 101 Å². The largest absolute Gasteiger partial charge is 0.508 e. The molecule has 0 unspecified atom stereocenters. The summed E-state index contributed by atoms with van der Waals surface area (Å²) in [6, 6.07) is -17.2. The van der Waals surface area contributed by atoms with Gasteiger partial charge in [0.1, 0.15) is 102 Å². The van der Waals surface area contributed by atoms with Crippen molar-refractivity contribution >= 4 is 130 Å². The van der Waals surface area contributed by atoms with E-state index < -0.39 is 309 Å². The molecule has 0 aliphatic heterocycles. The normalized spacial score (nSPS) is 14.7. The lowest BCUT2D eigenvalue weighted by Gasteiger charge is -2.30. The number of aromatic hydroxyl groups is 2. The number of phenols is 2. The number of aliphatic hydroxyl groups excluding tert-OH is 1. The van der Waals surface area contributed by atoms with Crippen molar-refractivity contribution in [3.8, 4) is 11.5 Å². The van der Waals surface area contributed by atoms with Crippen molar-refractivity contribution in [3.05, 3.63) is 77.9 Å². The topological polar surface area (TPSA) is 890 Å². The zero-order valence-corrected chi connectivity index (χ0v) is 79.3. The number of aliphatic carboxylic acids is 6. The number of carbonyl (C=O) groups excluding carboxylic acids is 15. The van der Waals surface area contributed by atoms with Crippen LogP contribution < -0.4 is 108 Å². The summed E-state index contributed by atoms with van der Waals surface area (Å²) in [7, 11) is 0. The Kier molecular flexibility index (Phi) is 53.1. The van der Waals surface area contributed by atoms with Gasteiger partial charge in [0, 0.05) is 57.0 Å². The molecular weight excluding hydrogens is 1860 g/mol. The molecule has 0 aliphatic rings. The van der Waals surface area contributed by atoms with E-state index in [4.69, 9.17) is 33.5 Å². The predicted molar refractivity (Wildman–Crippen MR) is 497 cm³/mol. The van der Waals surface area contributed by atoms with Crippen molar-refractivity contribution in [3.63, 3.8) is 0 Å². The van der Waals surface area contributed by atoms with Crippen LogP contribution in [0.4, 0.5) is 0 Å². The highest BCUT2D eigenvalue weighted by atomic mass is 16.4. The number of imidazole rings is 1. The minimum Gasteiger partial charge on any atom is -0.508 e. The molecule has 1 aromatic heterocycles. The quantitative estimate of drug-likeness (QED) is 0.0142. The van der Waals surface area contributed by atoms with Crippen molar-refractivity contribution in [1.29, 1.82) is 5.41 Å². The first kappa shape index (κ1) is 120. The Morgan fingerprint density at radius 1 is 0.383 bits per heavy atom. The smallest absolute Gasteiger partial charge is 0.326 e. The van der Waals surface area contributed by atoms with Gasteiger partial charge in [-0.2, -0.15) is 0 Å². The second kappa shape index (κ2) is 62.2. The number of rotatable bonds is 68. The molecule has 2 aromatic carbocycles. The lowest BCUT2D eigenvalue weighted by Crippen LogP contribution is -2.62. The first-order valence-corrected chi connectivity index (χ1v) is 45.7. The standard InChI is InChI=1S/C88H135N23O30/c1-8-45(6)71(86(139)107-60(36-48-19-23-51(114)24-20-48)81(134)108-63(87(140)141)39-69(123)124)111-78(131)57(27-30-67(119)120)101-75(128)55(16-13-33-95-88(92)93)98-74(127)53(14-9-11-31-89)99-82(135)61(37-49-40-94-42-96-49)104-76(129)54(15-10-12-32-90)100-83(136)62(38-68(121)122)105-84(137)64(41-112)109-79(132)58(34-43(2)3)106-85(138)70(44(4)5)110-77(130)56(26-29-66(117)118)102-80(133)59(35-47-17-21-50(113)22-18-47)103-72(125)46(7)97-73(126)52(91)25-28-65(115)116/h17-24,40,42-46,52-64,70-71,112-114H,8-16,25-39,41,89-91H2,1-7H3,(H,94,96)(H,97,126)(H,98,127)(H,99,135)(H,100,136)(H,101,128)(H,102,133)(H,103,125)(H,104,129)(H,105,137)(H,106,138)(H,107,139)(H,108,134)(H,109,132)(H,110,130)(H,111,131)(H,115,116)(H,117,118)(H,119,120)(H,121,122)(H,123,124)(H,140,141)(H4,92,93,95)/t45-,46-,52-,53-,54-,55-,56-,57-,58-,59-,60-,61-,62-,63-,64-,70-,71-/m0/s1. The van der Waals surface area contributed by atoms with E-state index in [9.17, 15) is 142 Å². The fourth-order valence-corrected chi connectivity index (χ4v) is 13.8. The van der Waals surface area contributed by atoms with Gasteiger partial charge in [0.2, 0.25) is 88.6 Å². The fraction of sp³-hybridized carbons (Fsp3) is 0.580. The molecule has 782 valence electrons. The number of carboxylic acids is 6. The van der Waals surface area contributed by atoms with E-state index in [0.29, 0.717) is 11.1 Å². The van der Waals surface area contributed by atoms with Crippen LogP contribution in [0.15, 0.2) is 61.1 Å². The van der Waals surface area contributed by atoms with Gasteiger partial charge < -0.3 is 159 Å². The number of phenolic OH excluding ortho intramolecular Hbond substituents is 2. The third-order valence-corrected chi connectivity index (χ3v) is 21.9. The number of hydrogen-bond acceptors (Lipinski definition) is 29. The number of nitrogens with two attached hydrogens (primary N) is 4. The number of H-pyrrole nitrogens is 1. The van der Waals surface area contributed by atoms with Crippen LogP contribution in [0.1, 0.15) is 181 Å². The van der Waals surface area contributed by atoms with E-state index in [1.54, 1.807) is 20.8 Å². The number of aromatic nitrogens is 2. The van der Waals surface area contributed by atoms with E-state index >= 15 is 0 Å². The summed E-state index contributed by atoms with van der Waals surface area (Å²) in [5.74, 6) is -29.4. The number of guanidine groups is 1. The summed E-state index contributed by atoms with van der Waals surface area (Å²) in [6.45, 7) is 9.16. The molecule has 0 saturated carbocycles. The summed E-state index contributed by atoms with van der Waals surface area (Å²) in [4.78, 5) is 293. The molecule has 0 fully saturated rings. The van der Waals surface area contributed by atoms with Crippen LogP contribution in [-0.2, 0) is 120 Å². The van der Waals surface area contributed by atoms with Crippen LogP contribution in [0.25, 0.3) is 0 Å². The summed E-state index contributed by atoms with van der Waals surface area (Å²) in [5.41, 5.74) is 23.8. The van der Waals surface area contributed by atoms with Gasteiger partial charge in [-0.15, -0.1) is 0 Å². The Morgan fingerprint density at radius 2 is 0.730 bits per heavy atom. The first-order chi connectivity index (χ1) is 66.4. The van der Waals surface area contributed by atoms with Crippen LogP contribution in [-0.4, -0.2) is 309 Å². The van der Waals surface area contributed by atoms with Gasteiger partial charge >= 0.3 is 35.8 Å². The lowest BCUT2D eigenvalue weighted by atomic mass is 9.96. The summed E-state index contributed by atoms with van der Waals surface area (Å²) < 4.78 is 0. The molecule has 53 nitrogen and oxygen atoms in total. The Bertz CT molecular complexity index is 4740. The van der Waals surface area contributed by atoms with Crippen molar-refractivity contribution in [2.24, 2.45) is 40.7 Å². The maximum atomic E-state index is 15.0. The SMILES string of the molecule is CC[C@H](C)[C@H](NC(=O)[C@H](CCC(=O)O)NC(=O)[C@H](CCCNC(=N)N)NC(=O)[C@H](CCCCN)NC(=O)[C@H](Cc1cnc[nH]1)NC(=O)[C@H](CCCCN)NC(=O)[C@H](CC(=O)O)NC(=O)[C@H](CO)NC(=O)[C@H](CC(C)C)NC(=O)[C@@H](NC(=O)[C@H](CCC(=O)O)NC(=O)[C@H](Cc1ccc(O)cc1)NC(=O)[C@H](C)NC(=O)[C@@H](N)CCC(=O)O)C(C)C)C(=O)N[C@@H](Cc1ccc(O)cc1)C(=O)N[C@@H](CC(=O)O)C(=O)O. The first-order valence-electron chi connectivity index (χ1n) is 45.7. The van der Waals surface area contributed by atoms with Gasteiger partial charge in [0.15, 0.2) is 5.96 Å². The Hall–Kier alpha value is -14.8. The van der Waals surface area contributed by atoms with E-state index in [-0.39, 0.29) is 114 Å². The summed E-state index contributed by atoms with van der Waals surface area (Å²) in [6.07, 6.45) is -5.23. The number of benzene rings is 2. The van der Waals surface area contributed by atoms with Crippen LogP contribution in [0.5, 0.6) is 11.5 Å². The molecule has 3 rings (SSSR count). The highest BCUT2D eigenvalue weighted by molar-refractivity contribution is 6.02. The Balaban J connectivity index is 2.01. The minimum atomic E-state index is -2.15.